The van der Waals surface area contributed by atoms with Crippen molar-refractivity contribution in [1.82, 2.24) is 24.8 Å². The summed E-state index contributed by atoms with van der Waals surface area (Å²) in [7, 11) is -4.65. The first-order valence-electron chi connectivity index (χ1n) is 17.8. The zero-order chi connectivity index (χ0) is 41.5. The number of halogens is 3. The van der Waals surface area contributed by atoms with E-state index in [0.29, 0.717) is 29.0 Å². The fourth-order valence-corrected chi connectivity index (χ4v) is 7.70. The van der Waals surface area contributed by atoms with E-state index in [2.05, 4.69) is 25.6 Å². The fraction of sp³-hybridized carbons (Fsp3) is 0.231. The molecule has 6 aromatic rings. The number of carbonyl (C=O) groups excluding carboxylic acids is 2. The number of rotatable bonds is 15. The molecule has 0 aliphatic heterocycles. The Morgan fingerprint density at radius 3 is 2.12 bits per heavy atom. The predicted octanol–water partition coefficient (Wildman–Crippen LogP) is 8.86. The van der Waals surface area contributed by atoms with Crippen LogP contribution in [0.25, 0.3) is 32.7 Å². The van der Waals surface area contributed by atoms with Gasteiger partial charge in [0.2, 0.25) is 11.3 Å². The number of esters is 1. The van der Waals surface area contributed by atoms with E-state index in [4.69, 9.17) is 18.3 Å². The van der Waals surface area contributed by atoms with Gasteiger partial charge in [-0.3, -0.25) is 23.7 Å². The molecule has 2 N–H and O–H groups in total. The van der Waals surface area contributed by atoms with Gasteiger partial charge in [-0.25, -0.2) is 29.1 Å². The largest absolute Gasteiger partial charge is 0.531 e. The van der Waals surface area contributed by atoms with E-state index in [1.807, 2.05) is 0 Å². The number of pyridine rings is 3. The van der Waals surface area contributed by atoms with Gasteiger partial charge in [-0.15, -0.1) is 11.3 Å². The summed E-state index contributed by atoms with van der Waals surface area (Å²) in [6.45, 7) is 4.67. The number of aromatic nitrogens is 4. The number of phosphoric ester groups is 1. The van der Waals surface area contributed by atoms with E-state index in [1.165, 1.54) is 36.0 Å². The Balaban J connectivity index is 1.49. The van der Waals surface area contributed by atoms with E-state index in [-0.39, 0.29) is 64.9 Å². The summed E-state index contributed by atoms with van der Waals surface area (Å²) in [6, 6.07) is 19.7. The van der Waals surface area contributed by atoms with Crippen LogP contribution in [0.1, 0.15) is 48.0 Å². The van der Waals surface area contributed by atoms with Crippen LogP contribution in [0.15, 0.2) is 95.4 Å². The van der Waals surface area contributed by atoms with Crippen LogP contribution < -0.4 is 20.6 Å². The molecular formula is C39H36F3N6O8PS. The number of carbonyl (C=O) groups is 2. The normalized spacial score (nSPS) is 11.7. The highest BCUT2D eigenvalue weighted by molar-refractivity contribution is 7.48. The molecule has 58 heavy (non-hydrogen) atoms. The smallest absolute Gasteiger partial charge is 0.462 e. The average Bonchev–Trinajstić information content (AvgIpc) is 3.72. The van der Waals surface area contributed by atoms with Gasteiger partial charge in [-0.2, -0.15) is 13.2 Å². The maximum Gasteiger partial charge on any atom is 0.531 e. The Morgan fingerprint density at radius 1 is 0.897 bits per heavy atom. The zero-order valence-electron chi connectivity index (χ0n) is 31.2. The quantitative estimate of drug-likeness (QED) is 0.0747. The van der Waals surface area contributed by atoms with Gasteiger partial charge in [0, 0.05) is 47.6 Å². The molecule has 0 aliphatic carbocycles. The predicted molar refractivity (Wildman–Crippen MR) is 210 cm³/mol. The van der Waals surface area contributed by atoms with Crippen LogP contribution in [0.2, 0.25) is 0 Å². The minimum Gasteiger partial charge on any atom is -0.462 e. The fourth-order valence-electron chi connectivity index (χ4n) is 5.65. The summed E-state index contributed by atoms with van der Waals surface area (Å²) in [5, 5.41) is 5.76. The van der Waals surface area contributed by atoms with Crippen molar-refractivity contribution in [2.75, 3.05) is 18.5 Å². The van der Waals surface area contributed by atoms with Gasteiger partial charge < -0.3 is 14.6 Å². The maximum atomic E-state index is 14.5. The molecular weight excluding hydrogens is 800 g/mol. The van der Waals surface area contributed by atoms with Gasteiger partial charge in [0.25, 0.3) is 0 Å². The van der Waals surface area contributed by atoms with Crippen molar-refractivity contribution in [3.63, 3.8) is 0 Å². The lowest BCUT2D eigenvalue weighted by Gasteiger charge is -2.23. The zero-order valence-corrected chi connectivity index (χ0v) is 33.0. The summed E-state index contributed by atoms with van der Waals surface area (Å²) in [6.07, 6.45) is -2.10. The highest BCUT2D eigenvalue weighted by atomic mass is 32.1. The van der Waals surface area contributed by atoms with Crippen molar-refractivity contribution in [1.29, 1.82) is 0 Å². The Morgan fingerprint density at radius 2 is 1.55 bits per heavy atom. The van der Waals surface area contributed by atoms with Crippen LogP contribution in [0.3, 0.4) is 0 Å². The van der Waals surface area contributed by atoms with E-state index in [1.54, 1.807) is 74.5 Å². The topological polar surface area (TPSA) is 173 Å². The van der Waals surface area contributed by atoms with Crippen molar-refractivity contribution in [2.24, 2.45) is 0 Å². The summed E-state index contributed by atoms with van der Waals surface area (Å²) in [4.78, 5) is 53.0. The second-order valence-electron chi connectivity index (χ2n) is 12.3. The second kappa shape index (κ2) is 18.1. The molecule has 2 amide bonds. The van der Waals surface area contributed by atoms with Crippen molar-refractivity contribution in [3.8, 4) is 27.6 Å². The van der Waals surface area contributed by atoms with E-state index in [0.717, 1.165) is 5.38 Å². The summed E-state index contributed by atoms with van der Waals surface area (Å²) in [5.41, 5.74) is -0.867. The number of nitrogens with zero attached hydrogens (tertiary/aromatic N) is 4. The lowest BCUT2D eigenvalue weighted by Crippen LogP contribution is -2.28. The molecule has 19 heteroatoms. The summed E-state index contributed by atoms with van der Waals surface area (Å²) in [5.74, 6) is -1.57. The molecule has 14 nitrogen and oxygen atoms in total. The molecule has 0 saturated heterocycles. The molecule has 0 spiro atoms. The second-order valence-corrected chi connectivity index (χ2v) is 14.7. The van der Waals surface area contributed by atoms with Crippen molar-refractivity contribution >= 4 is 48.0 Å². The molecule has 4 heterocycles. The Bertz CT molecular complexity index is 2490. The van der Waals surface area contributed by atoms with Gasteiger partial charge in [-0.1, -0.05) is 60.7 Å². The molecule has 0 atom stereocenters. The molecule has 0 bridgehead atoms. The number of thiazole rings is 1. The van der Waals surface area contributed by atoms with E-state index < -0.39 is 48.6 Å². The Hall–Kier alpha value is -5.94. The average molecular weight is 837 g/mol. The third-order valence-corrected chi connectivity index (χ3v) is 10.5. The molecule has 2 aromatic carbocycles. The number of hydrogen-bond donors (Lipinski definition) is 2. The highest BCUT2D eigenvalue weighted by Crippen LogP contribution is 2.52. The van der Waals surface area contributed by atoms with Crippen molar-refractivity contribution in [2.45, 2.75) is 46.7 Å². The van der Waals surface area contributed by atoms with Crippen LogP contribution in [0.5, 0.6) is 5.88 Å². The number of ether oxygens (including phenoxy) is 1. The minimum absolute atomic E-state index is 0.00499. The van der Waals surface area contributed by atoms with Crippen molar-refractivity contribution < 1.29 is 45.6 Å². The van der Waals surface area contributed by atoms with Crippen LogP contribution in [-0.4, -0.2) is 44.7 Å². The van der Waals surface area contributed by atoms with E-state index >= 15 is 0 Å². The number of phosphoric acid groups is 1. The maximum absolute atomic E-state index is 14.5. The van der Waals surface area contributed by atoms with E-state index in [9.17, 15) is 32.1 Å². The molecule has 0 saturated carbocycles. The van der Waals surface area contributed by atoms with Gasteiger partial charge >= 0.3 is 26.0 Å². The molecule has 302 valence electrons. The van der Waals surface area contributed by atoms with Crippen LogP contribution >= 0.6 is 19.2 Å². The Labute approximate surface area is 333 Å². The van der Waals surface area contributed by atoms with Crippen LogP contribution in [0, 0.1) is 0 Å². The molecule has 0 unspecified atom stereocenters. The molecule has 0 aliphatic rings. The number of alkyl halides is 3. The summed E-state index contributed by atoms with van der Waals surface area (Å²) < 4.78 is 79.7. The number of amides is 2. The number of urea groups is 1. The van der Waals surface area contributed by atoms with Crippen molar-refractivity contribution in [3.05, 3.63) is 123 Å². The molecule has 0 fully saturated rings. The summed E-state index contributed by atoms with van der Waals surface area (Å²) >= 11 is 0.712. The molecule has 6 rings (SSSR count). The first-order valence-corrected chi connectivity index (χ1v) is 20.2. The number of benzene rings is 2. The first kappa shape index (κ1) is 41.7. The Kier molecular flexibility index (Phi) is 13.0. The van der Waals surface area contributed by atoms with Gasteiger partial charge in [0.1, 0.15) is 16.5 Å². The lowest BCUT2D eigenvalue weighted by molar-refractivity contribution is -0.140. The van der Waals surface area contributed by atoms with Crippen LogP contribution in [0.4, 0.5) is 23.8 Å². The van der Waals surface area contributed by atoms with Gasteiger partial charge in [-0.05, 0) is 44.0 Å². The van der Waals surface area contributed by atoms with Gasteiger partial charge in [0.05, 0.1) is 25.2 Å². The highest BCUT2D eigenvalue weighted by Gasteiger charge is 2.36. The first-order chi connectivity index (χ1) is 27.8. The number of hydrogen-bond acceptors (Lipinski definition) is 12. The molecule has 0 radical (unpaired) electrons. The SMILES string of the molecule is CCNC(=O)Nc1cc(-c2nc(C(F)(F)F)cs2)c(-c2cnc3c(c2)c(=O)c(C(=O)OCC)c(OP(=O)(OCc2ccccc2)OCc2ccccc2)n3CC)cn1. The number of anilines is 1. The minimum atomic E-state index is -4.73. The van der Waals surface area contributed by atoms with Crippen LogP contribution in [-0.2, 0) is 44.3 Å². The third kappa shape index (κ3) is 9.59. The number of aryl methyl sites for hydroxylation is 1. The number of fused-ring (bicyclic) bond motifs is 1. The molecule has 4 aromatic heterocycles. The van der Waals surface area contributed by atoms with Gasteiger partial charge in [0.15, 0.2) is 11.3 Å². The third-order valence-electron chi connectivity index (χ3n) is 8.33. The lowest BCUT2D eigenvalue weighted by atomic mass is 10.0. The monoisotopic (exact) mass is 836 g/mol. The standard InChI is InChI=1S/C39H36F3N6O8PS/c1-4-43-38(51)47-31-18-27(35-46-30(23-58-35)39(40,41)42)29(20-44-31)26-17-28-33(49)32(37(50)53-6-3)36(48(5-2)34(28)45-19-26)56-57(52,54-21-24-13-9-7-10-14-24)55-22-25-15-11-8-12-16-25/h7-20,23H,4-6,21-22H2,1-3H3,(H2,43,44,47,51). The number of nitrogens with one attached hydrogen (secondary N) is 2.